The largest absolute Gasteiger partial charge is 0.485 e. The molecule has 2 aromatic carbocycles. The molecule has 1 heterocycles. The lowest BCUT2D eigenvalue weighted by atomic mass is 10.1. The Hall–Kier alpha value is -2.52. The number of hydrogen-bond donors (Lipinski definition) is 0. The average Bonchev–Trinajstić information content (AvgIpc) is 2.73. The summed E-state index contributed by atoms with van der Waals surface area (Å²) in [5.41, 5.74) is 0.288. The van der Waals surface area contributed by atoms with E-state index in [1.165, 1.54) is 52.8 Å². The van der Waals surface area contributed by atoms with Gasteiger partial charge >= 0.3 is 6.61 Å². The SMILES string of the molecule is O=C(COc1ccc(S(=O)(=O)N2CCCCC2)cc1)c1ccc(OC(F)F)cc1. The fraction of sp³-hybridized carbons (Fsp3) is 0.350. The number of rotatable bonds is 8. The number of piperidine rings is 1. The molecule has 1 aliphatic heterocycles. The van der Waals surface area contributed by atoms with Crippen molar-refractivity contribution in [2.75, 3.05) is 19.7 Å². The van der Waals surface area contributed by atoms with E-state index in [0.717, 1.165) is 19.3 Å². The summed E-state index contributed by atoms with van der Waals surface area (Å²) in [6.45, 7) is -2.15. The molecule has 29 heavy (non-hydrogen) atoms. The molecule has 0 aliphatic carbocycles. The predicted molar refractivity (Wildman–Crippen MR) is 102 cm³/mol. The zero-order valence-corrected chi connectivity index (χ0v) is 16.4. The third-order valence-electron chi connectivity index (χ3n) is 4.55. The van der Waals surface area contributed by atoms with E-state index in [0.29, 0.717) is 18.8 Å². The van der Waals surface area contributed by atoms with Gasteiger partial charge < -0.3 is 9.47 Å². The second kappa shape index (κ2) is 9.32. The van der Waals surface area contributed by atoms with Crippen molar-refractivity contribution in [2.45, 2.75) is 30.8 Å². The fourth-order valence-electron chi connectivity index (χ4n) is 3.02. The van der Waals surface area contributed by atoms with E-state index in [2.05, 4.69) is 4.74 Å². The number of ether oxygens (including phenoxy) is 2. The van der Waals surface area contributed by atoms with E-state index < -0.39 is 16.6 Å². The van der Waals surface area contributed by atoms with Crippen molar-refractivity contribution in [1.29, 1.82) is 0 Å². The van der Waals surface area contributed by atoms with E-state index >= 15 is 0 Å². The average molecular weight is 425 g/mol. The summed E-state index contributed by atoms with van der Waals surface area (Å²) in [6, 6.07) is 11.2. The molecule has 0 N–H and O–H groups in total. The third-order valence-corrected chi connectivity index (χ3v) is 6.46. The van der Waals surface area contributed by atoms with Gasteiger partial charge in [-0.2, -0.15) is 13.1 Å². The van der Waals surface area contributed by atoms with E-state index in [1.807, 2.05) is 0 Å². The smallest absolute Gasteiger partial charge is 0.387 e. The number of ketones is 1. The first kappa shape index (κ1) is 21.2. The van der Waals surface area contributed by atoms with Crippen LogP contribution in [0.5, 0.6) is 11.5 Å². The maximum atomic E-state index is 12.6. The van der Waals surface area contributed by atoms with Gasteiger partial charge in [0.25, 0.3) is 0 Å². The Kier molecular flexibility index (Phi) is 6.81. The number of sulfonamides is 1. The molecular weight excluding hydrogens is 404 g/mol. The standard InChI is InChI=1S/C20H21F2NO5S/c21-20(22)28-17-6-4-15(5-7-17)19(24)14-27-16-8-10-18(11-9-16)29(25,26)23-12-2-1-3-13-23/h4-11,20H,1-3,12-14H2. The first-order chi connectivity index (χ1) is 13.9. The van der Waals surface area contributed by atoms with E-state index in [4.69, 9.17) is 4.74 Å². The lowest BCUT2D eigenvalue weighted by Crippen LogP contribution is -2.35. The number of halogens is 2. The topological polar surface area (TPSA) is 72.9 Å². The Bertz CT molecular complexity index is 924. The zero-order valence-electron chi connectivity index (χ0n) is 15.6. The Balaban J connectivity index is 1.57. The molecule has 2 aromatic rings. The lowest BCUT2D eigenvalue weighted by Gasteiger charge is -2.25. The molecule has 1 fully saturated rings. The Morgan fingerprint density at radius 2 is 1.52 bits per heavy atom. The van der Waals surface area contributed by atoms with E-state index in [-0.39, 0.29) is 28.6 Å². The fourth-order valence-corrected chi connectivity index (χ4v) is 4.53. The second-order valence-corrected chi connectivity index (χ2v) is 8.49. The number of carbonyl (C=O) groups excluding carboxylic acids is 1. The minimum atomic E-state index is -3.52. The molecular formula is C20H21F2NO5S. The van der Waals surface area contributed by atoms with Crippen LogP contribution in [0.1, 0.15) is 29.6 Å². The maximum absolute atomic E-state index is 12.6. The molecule has 0 bridgehead atoms. The van der Waals surface area contributed by atoms with Gasteiger partial charge in [-0.05, 0) is 61.4 Å². The first-order valence-electron chi connectivity index (χ1n) is 9.17. The highest BCUT2D eigenvalue weighted by molar-refractivity contribution is 7.89. The van der Waals surface area contributed by atoms with Gasteiger partial charge in [-0.15, -0.1) is 0 Å². The molecule has 0 spiro atoms. The molecule has 0 unspecified atom stereocenters. The summed E-state index contributed by atoms with van der Waals surface area (Å²) >= 11 is 0. The van der Waals surface area contributed by atoms with Crippen molar-refractivity contribution in [1.82, 2.24) is 4.31 Å². The van der Waals surface area contributed by atoms with Crippen LogP contribution < -0.4 is 9.47 Å². The molecule has 0 aromatic heterocycles. The van der Waals surface area contributed by atoms with Crippen molar-refractivity contribution < 1.29 is 31.5 Å². The van der Waals surface area contributed by atoms with Gasteiger partial charge in [-0.25, -0.2) is 8.42 Å². The third kappa shape index (κ3) is 5.51. The van der Waals surface area contributed by atoms with Crippen molar-refractivity contribution >= 4 is 15.8 Å². The number of nitrogens with zero attached hydrogens (tertiary/aromatic N) is 1. The molecule has 1 saturated heterocycles. The monoisotopic (exact) mass is 425 g/mol. The zero-order chi connectivity index (χ0) is 20.9. The highest BCUT2D eigenvalue weighted by Gasteiger charge is 2.25. The molecule has 6 nitrogen and oxygen atoms in total. The van der Waals surface area contributed by atoms with Gasteiger partial charge in [0.15, 0.2) is 12.4 Å². The number of carbonyl (C=O) groups is 1. The van der Waals surface area contributed by atoms with E-state index in [1.54, 1.807) is 0 Å². The van der Waals surface area contributed by atoms with Crippen LogP contribution in [0.3, 0.4) is 0 Å². The molecule has 0 radical (unpaired) electrons. The second-order valence-electron chi connectivity index (χ2n) is 6.55. The molecule has 3 rings (SSSR count). The number of Topliss-reactive ketones (excluding diaryl/α,β-unsaturated/α-hetero) is 1. The summed E-state index contributed by atoms with van der Waals surface area (Å²) in [6.07, 6.45) is 2.75. The number of alkyl halides is 2. The Morgan fingerprint density at radius 3 is 2.10 bits per heavy atom. The summed E-state index contributed by atoms with van der Waals surface area (Å²) in [4.78, 5) is 12.4. The predicted octanol–water partition coefficient (Wildman–Crippen LogP) is 3.72. The van der Waals surface area contributed by atoms with Crippen LogP contribution in [-0.4, -0.2) is 44.8 Å². The summed E-state index contributed by atoms with van der Waals surface area (Å²) in [5.74, 6) is -0.0322. The molecule has 0 amide bonds. The first-order valence-corrected chi connectivity index (χ1v) is 10.6. The van der Waals surface area contributed by atoms with Crippen molar-refractivity contribution in [3.05, 3.63) is 54.1 Å². The minimum absolute atomic E-state index is 0.0389. The van der Waals surface area contributed by atoms with Crippen LogP contribution in [-0.2, 0) is 10.0 Å². The molecule has 156 valence electrons. The quantitative estimate of drug-likeness (QED) is 0.603. The van der Waals surface area contributed by atoms with Gasteiger partial charge in [-0.3, -0.25) is 4.79 Å². The van der Waals surface area contributed by atoms with Gasteiger partial charge in [-0.1, -0.05) is 6.42 Å². The van der Waals surface area contributed by atoms with Gasteiger partial charge in [0.2, 0.25) is 10.0 Å². The van der Waals surface area contributed by atoms with Crippen molar-refractivity contribution in [2.24, 2.45) is 0 Å². The van der Waals surface area contributed by atoms with Crippen LogP contribution in [0.2, 0.25) is 0 Å². The summed E-state index contributed by atoms with van der Waals surface area (Å²) in [5, 5.41) is 0. The summed E-state index contributed by atoms with van der Waals surface area (Å²) in [7, 11) is -3.52. The van der Waals surface area contributed by atoms with Crippen LogP contribution in [0.25, 0.3) is 0 Å². The maximum Gasteiger partial charge on any atom is 0.387 e. The Labute approximate surface area is 168 Å². The molecule has 1 aliphatic rings. The lowest BCUT2D eigenvalue weighted by molar-refractivity contribution is -0.0498. The van der Waals surface area contributed by atoms with Crippen LogP contribution in [0, 0.1) is 0 Å². The van der Waals surface area contributed by atoms with Gasteiger partial charge in [0.1, 0.15) is 11.5 Å². The summed E-state index contributed by atoms with van der Waals surface area (Å²) < 4.78 is 60.7. The minimum Gasteiger partial charge on any atom is -0.485 e. The van der Waals surface area contributed by atoms with Gasteiger partial charge in [0, 0.05) is 18.7 Å². The normalized spacial score (nSPS) is 15.3. The van der Waals surface area contributed by atoms with Gasteiger partial charge in [0.05, 0.1) is 4.90 Å². The van der Waals surface area contributed by atoms with Crippen LogP contribution in [0.15, 0.2) is 53.4 Å². The molecule has 0 saturated carbocycles. The molecule has 9 heteroatoms. The van der Waals surface area contributed by atoms with Crippen molar-refractivity contribution in [3.63, 3.8) is 0 Å². The van der Waals surface area contributed by atoms with Crippen LogP contribution >= 0.6 is 0 Å². The Morgan fingerprint density at radius 1 is 0.931 bits per heavy atom. The highest BCUT2D eigenvalue weighted by atomic mass is 32.2. The number of hydrogen-bond acceptors (Lipinski definition) is 5. The van der Waals surface area contributed by atoms with Crippen LogP contribution in [0.4, 0.5) is 8.78 Å². The number of benzene rings is 2. The van der Waals surface area contributed by atoms with E-state index in [9.17, 15) is 22.0 Å². The molecule has 0 atom stereocenters. The van der Waals surface area contributed by atoms with Crippen molar-refractivity contribution in [3.8, 4) is 11.5 Å². The highest BCUT2D eigenvalue weighted by Crippen LogP contribution is 2.23.